The van der Waals surface area contributed by atoms with E-state index in [9.17, 15) is 0 Å². The monoisotopic (exact) mass is 379 g/mol. The zero-order valence-electron chi connectivity index (χ0n) is 9.52. The molecule has 78 valence electrons. The summed E-state index contributed by atoms with van der Waals surface area (Å²) in [5.74, 6) is 0. The fourth-order valence-corrected chi connectivity index (χ4v) is 5.76. The molecule has 0 bridgehead atoms. The van der Waals surface area contributed by atoms with Gasteiger partial charge in [-0.05, 0) is 0 Å². The van der Waals surface area contributed by atoms with Crippen molar-refractivity contribution in [3.05, 3.63) is 0 Å². The van der Waals surface area contributed by atoms with Crippen LogP contribution < -0.4 is 0 Å². The van der Waals surface area contributed by atoms with Crippen LogP contribution in [0.5, 0.6) is 0 Å². The van der Waals surface area contributed by atoms with Gasteiger partial charge in [-0.1, -0.05) is 0 Å². The molecule has 0 amide bonds. The van der Waals surface area contributed by atoms with Gasteiger partial charge in [0, 0.05) is 0 Å². The first-order valence-electron chi connectivity index (χ1n) is 6.05. The van der Waals surface area contributed by atoms with Crippen LogP contribution in [0.25, 0.3) is 0 Å². The third-order valence-corrected chi connectivity index (χ3v) is 7.26. The molecule has 0 aromatic rings. The summed E-state index contributed by atoms with van der Waals surface area (Å²) in [5, 5.41) is 0. The van der Waals surface area contributed by atoms with Crippen LogP contribution in [0.15, 0.2) is 0 Å². The Hall–Kier alpha value is 0.883. The van der Waals surface area contributed by atoms with Crippen molar-refractivity contribution in [1.29, 1.82) is 0 Å². The molecule has 0 aliphatic rings. The maximum absolute atomic E-state index is 2.30. The molecule has 0 fully saturated rings. The van der Waals surface area contributed by atoms with Crippen LogP contribution in [-0.4, -0.2) is 23.2 Å². The van der Waals surface area contributed by atoms with Gasteiger partial charge in [-0.15, -0.1) is 0 Å². The summed E-state index contributed by atoms with van der Waals surface area (Å²) in [7, 11) is 0. The second-order valence-corrected chi connectivity index (χ2v) is 9.01. The van der Waals surface area contributed by atoms with E-state index in [1.807, 2.05) is 0 Å². The minimum absolute atomic E-state index is 0.0181. The zero-order valence-corrected chi connectivity index (χ0v) is 13.0. The molecule has 2 radical (unpaired) electrons. The van der Waals surface area contributed by atoms with Crippen LogP contribution >= 0.6 is 0 Å². The molecule has 0 N–H and O–H groups in total. The van der Waals surface area contributed by atoms with Crippen LogP contribution in [0, 0.1) is 0 Å². The molecule has 0 heterocycles. The fraction of sp³-hybridized carbons (Fsp3) is 1.00. The summed E-state index contributed by atoms with van der Waals surface area (Å²) in [6.07, 6.45) is 11.8. The van der Waals surface area contributed by atoms with E-state index in [0.29, 0.717) is 0 Å². The quantitative estimate of drug-likeness (QED) is 0.382. The predicted octanol–water partition coefficient (Wildman–Crippen LogP) is 4.69. The summed E-state index contributed by atoms with van der Waals surface area (Å²) in [6, 6.07) is 0. The molecule has 0 unspecified atom stereocenters. The summed E-state index contributed by atoms with van der Waals surface area (Å²) < 4.78 is 3.32. The molecular weight excluding hydrogens is 353 g/mol. The summed E-state index contributed by atoms with van der Waals surface area (Å²) >= 11 is 0.0181. The Morgan fingerprint density at radius 1 is 0.615 bits per heavy atom. The van der Waals surface area contributed by atoms with E-state index in [1.165, 1.54) is 38.5 Å². The second-order valence-electron chi connectivity index (χ2n) is 3.79. The molecule has 0 saturated carbocycles. The van der Waals surface area contributed by atoms with Gasteiger partial charge in [-0.25, -0.2) is 0 Å². The Kier molecular flexibility index (Phi) is 13.8. The molecule has 0 nitrogen and oxygen atoms in total. The number of hydrogen-bond acceptors (Lipinski definition) is 0. The summed E-state index contributed by atoms with van der Waals surface area (Å²) in [6.45, 7) is 4.59. The second kappa shape index (κ2) is 12.9. The van der Waals surface area contributed by atoms with Crippen LogP contribution in [-0.2, 0) is 0 Å². The molecule has 0 saturated heterocycles. The van der Waals surface area contributed by atoms with E-state index in [0.717, 1.165) is 0 Å². The molecule has 0 spiro atoms. The standard InChI is InChI=1S/2C6H13.Bi/c2*1-3-5-6-4-2;/h2*1,3-6H2,2H3;/q;;+1. The SMILES string of the molecule is CCCCC[CH2][Bi+][CH2]CCCCC. The van der Waals surface area contributed by atoms with Gasteiger partial charge in [-0.2, -0.15) is 0 Å². The number of rotatable bonds is 10. The zero-order chi connectivity index (χ0) is 9.78. The average molecular weight is 379 g/mol. The van der Waals surface area contributed by atoms with Crippen LogP contribution in [0.3, 0.4) is 0 Å². The van der Waals surface area contributed by atoms with Gasteiger partial charge in [0.05, 0.1) is 0 Å². The van der Waals surface area contributed by atoms with Crippen molar-refractivity contribution in [2.45, 2.75) is 73.5 Å². The van der Waals surface area contributed by atoms with Gasteiger partial charge in [0.2, 0.25) is 0 Å². The Morgan fingerprint density at radius 3 is 1.46 bits per heavy atom. The van der Waals surface area contributed by atoms with E-state index in [-0.39, 0.29) is 23.2 Å². The van der Waals surface area contributed by atoms with E-state index >= 15 is 0 Å². The van der Waals surface area contributed by atoms with Gasteiger partial charge in [0.25, 0.3) is 0 Å². The predicted molar refractivity (Wildman–Crippen MR) is 63.7 cm³/mol. The topological polar surface area (TPSA) is 0 Å². The van der Waals surface area contributed by atoms with Crippen molar-refractivity contribution in [3.8, 4) is 0 Å². The molecular formula is C12H26Bi+. The number of hydrogen-bond donors (Lipinski definition) is 0. The van der Waals surface area contributed by atoms with E-state index < -0.39 is 0 Å². The van der Waals surface area contributed by atoms with Crippen LogP contribution in [0.2, 0.25) is 8.26 Å². The third-order valence-electron chi connectivity index (χ3n) is 2.34. The molecule has 0 rings (SSSR count). The first kappa shape index (κ1) is 13.9. The summed E-state index contributed by atoms with van der Waals surface area (Å²) in [5.41, 5.74) is 0. The Labute approximate surface area is 96.4 Å². The van der Waals surface area contributed by atoms with Gasteiger partial charge < -0.3 is 0 Å². The van der Waals surface area contributed by atoms with E-state index in [1.54, 1.807) is 21.1 Å². The van der Waals surface area contributed by atoms with E-state index in [4.69, 9.17) is 0 Å². The summed E-state index contributed by atoms with van der Waals surface area (Å²) in [4.78, 5) is 0. The van der Waals surface area contributed by atoms with Gasteiger partial charge in [0.15, 0.2) is 0 Å². The van der Waals surface area contributed by atoms with Crippen LogP contribution in [0.4, 0.5) is 0 Å². The fourth-order valence-electron chi connectivity index (χ4n) is 1.41. The van der Waals surface area contributed by atoms with Gasteiger partial charge in [0.1, 0.15) is 0 Å². The molecule has 0 atom stereocenters. The van der Waals surface area contributed by atoms with Crippen molar-refractivity contribution >= 4 is 23.2 Å². The van der Waals surface area contributed by atoms with Crippen molar-refractivity contribution in [1.82, 2.24) is 0 Å². The van der Waals surface area contributed by atoms with E-state index in [2.05, 4.69) is 13.8 Å². The van der Waals surface area contributed by atoms with Crippen molar-refractivity contribution in [2.75, 3.05) is 0 Å². The van der Waals surface area contributed by atoms with Crippen molar-refractivity contribution in [3.63, 3.8) is 0 Å². The van der Waals surface area contributed by atoms with Crippen molar-refractivity contribution < 1.29 is 0 Å². The Bertz CT molecular complexity index is 71.2. The maximum atomic E-state index is 2.30. The van der Waals surface area contributed by atoms with Crippen molar-refractivity contribution in [2.24, 2.45) is 0 Å². The first-order valence-corrected chi connectivity index (χ1v) is 11.0. The molecule has 0 aliphatic carbocycles. The molecule has 13 heavy (non-hydrogen) atoms. The van der Waals surface area contributed by atoms with Gasteiger partial charge >= 0.3 is 96.7 Å². The first-order chi connectivity index (χ1) is 6.41. The number of unbranched alkanes of at least 4 members (excludes halogenated alkanes) is 6. The van der Waals surface area contributed by atoms with Crippen LogP contribution in [0.1, 0.15) is 65.2 Å². The Balaban J connectivity index is 2.76. The minimum atomic E-state index is 0.0181. The normalized spacial score (nSPS) is 10.6. The molecule has 0 aromatic carbocycles. The van der Waals surface area contributed by atoms with Gasteiger partial charge in [-0.3, -0.25) is 0 Å². The molecule has 0 aliphatic heterocycles. The molecule has 0 aromatic heterocycles. The molecule has 1 heteroatoms. The Morgan fingerprint density at radius 2 is 1.08 bits per heavy atom. The average Bonchev–Trinajstić information content (AvgIpc) is 2.16. The third kappa shape index (κ3) is 12.9.